The van der Waals surface area contributed by atoms with E-state index in [4.69, 9.17) is 0 Å². The van der Waals surface area contributed by atoms with Crippen LogP contribution in [0.5, 0.6) is 0 Å². The molecule has 1 rings (SSSR count). The molecule has 1 atom stereocenters. The average Bonchev–Trinajstić information content (AvgIpc) is 2.36. The molecule has 17 heavy (non-hydrogen) atoms. The van der Waals surface area contributed by atoms with Crippen LogP contribution in [0.15, 0.2) is 24.5 Å². The Labute approximate surface area is 103 Å². The smallest absolute Gasteiger partial charge is 0.150 e. The van der Waals surface area contributed by atoms with Crippen LogP contribution in [0.1, 0.15) is 31.4 Å². The van der Waals surface area contributed by atoms with Gasteiger partial charge in [0.2, 0.25) is 0 Å². The van der Waals surface area contributed by atoms with E-state index in [2.05, 4.69) is 10.3 Å². The number of hydrogen-bond acceptors (Lipinski definition) is 4. The van der Waals surface area contributed by atoms with Gasteiger partial charge in [0.05, 0.1) is 5.75 Å². The highest BCUT2D eigenvalue weighted by Gasteiger charge is 2.12. The molecule has 0 radical (unpaired) electrons. The lowest BCUT2D eigenvalue weighted by Gasteiger charge is -2.16. The largest absolute Gasteiger partial charge is 0.313 e. The van der Waals surface area contributed by atoms with Crippen molar-refractivity contribution in [1.82, 2.24) is 10.3 Å². The fourth-order valence-electron chi connectivity index (χ4n) is 1.73. The second-order valence-corrected chi connectivity index (χ2v) is 6.47. The first-order chi connectivity index (χ1) is 8.09. The first-order valence-corrected chi connectivity index (χ1v) is 7.69. The molecule has 0 bridgehead atoms. The van der Waals surface area contributed by atoms with Crippen molar-refractivity contribution in [3.63, 3.8) is 0 Å². The van der Waals surface area contributed by atoms with Gasteiger partial charge in [-0.1, -0.05) is 6.92 Å². The molecular formula is C12H20N2O2S. The van der Waals surface area contributed by atoms with Gasteiger partial charge in [-0.2, -0.15) is 0 Å². The van der Waals surface area contributed by atoms with E-state index >= 15 is 0 Å². The third-order valence-corrected chi connectivity index (χ3v) is 4.64. The first-order valence-electron chi connectivity index (χ1n) is 5.86. The van der Waals surface area contributed by atoms with Crippen molar-refractivity contribution in [3.05, 3.63) is 30.1 Å². The summed E-state index contributed by atoms with van der Waals surface area (Å²) in [7, 11) is -0.957. The minimum Gasteiger partial charge on any atom is -0.313 e. The Hall–Kier alpha value is -0.940. The van der Waals surface area contributed by atoms with Crippen molar-refractivity contribution in [2.45, 2.75) is 25.8 Å². The second-order valence-electron chi connectivity index (χ2n) is 4.00. The van der Waals surface area contributed by atoms with Crippen molar-refractivity contribution in [1.29, 1.82) is 0 Å². The molecule has 1 N–H and O–H groups in total. The van der Waals surface area contributed by atoms with E-state index in [-0.39, 0.29) is 17.5 Å². The molecule has 0 spiro atoms. The molecule has 1 heterocycles. The second kappa shape index (κ2) is 6.71. The van der Waals surface area contributed by atoms with Gasteiger partial charge in [-0.05, 0) is 37.6 Å². The van der Waals surface area contributed by atoms with Crippen LogP contribution < -0.4 is 5.32 Å². The zero-order chi connectivity index (χ0) is 12.7. The summed E-state index contributed by atoms with van der Waals surface area (Å²) >= 11 is 0. The third kappa shape index (κ3) is 4.83. The monoisotopic (exact) mass is 256 g/mol. The van der Waals surface area contributed by atoms with Crippen molar-refractivity contribution in [2.24, 2.45) is 0 Å². The Morgan fingerprint density at radius 1 is 1.35 bits per heavy atom. The number of nitrogens with one attached hydrogen (secondary N) is 1. The lowest BCUT2D eigenvalue weighted by Crippen LogP contribution is -2.18. The Morgan fingerprint density at radius 2 is 2.00 bits per heavy atom. The van der Waals surface area contributed by atoms with Gasteiger partial charge in [-0.3, -0.25) is 4.98 Å². The molecule has 5 heteroatoms. The zero-order valence-electron chi connectivity index (χ0n) is 10.4. The number of hydrogen-bond donors (Lipinski definition) is 1. The summed E-state index contributed by atoms with van der Waals surface area (Å²) in [5.74, 6) is 0.499. The van der Waals surface area contributed by atoms with Gasteiger partial charge >= 0.3 is 0 Å². The predicted octanol–water partition coefficient (Wildman–Crippen LogP) is 1.56. The topological polar surface area (TPSA) is 59.1 Å². The highest BCUT2D eigenvalue weighted by molar-refractivity contribution is 7.91. The molecule has 0 saturated heterocycles. The van der Waals surface area contributed by atoms with Crippen molar-refractivity contribution in [2.75, 3.05) is 18.6 Å². The molecule has 96 valence electrons. The van der Waals surface area contributed by atoms with E-state index in [1.807, 2.05) is 19.2 Å². The van der Waals surface area contributed by atoms with Gasteiger partial charge < -0.3 is 5.32 Å². The summed E-state index contributed by atoms with van der Waals surface area (Å²) in [5, 5.41) is 3.20. The summed E-state index contributed by atoms with van der Waals surface area (Å²) in [5.41, 5.74) is 1.15. The number of sulfone groups is 1. The maximum Gasteiger partial charge on any atom is 0.150 e. The van der Waals surface area contributed by atoms with Crippen molar-refractivity contribution < 1.29 is 8.42 Å². The van der Waals surface area contributed by atoms with Gasteiger partial charge in [0.1, 0.15) is 9.84 Å². The van der Waals surface area contributed by atoms with Crippen LogP contribution >= 0.6 is 0 Å². The SMILES string of the molecule is CCS(=O)(=O)CCCC(NC)c1ccncc1. The predicted molar refractivity (Wildman–Crippen MR) is 69.6 cm³/mol. The van der Waals surface area contributed by atoms with E-state index in [0.717, 1.165) is 12.0 Å². The molecule has 1 unspecified atom stereocenters. The molecule has 1 aromatic rings. The Kier molecular flexibility index (Phi) is 5.58. The lowest BCUT2D eigenvalue weighted by molar-refractivity contribution is 0.535. The molecule has 0 aliphatic rings. The van der Waals surface area contributed by atoms with Crippen LogP contribution in [0.4, 0.5) is 0 Å². The van der Waals surface area contributed by atoms with Crippen LogP contribution in [0.2, 0.25) is 0 Å². The maximum atomic E-state index is 11.4. The van der Waals surface area contributed by atoms with Crippen LogP contribution in [0, 0.1) is 0 Å². The quantitative estimate of drug-likeness (QED) is 0.804. The molecule has 4 nitrogen and oxygen atoms in total. The molecule has 1 aromatic heterocycles. The van der Waals surface area contributed by atoms with Crippen LogP contribution in [-0.2, 0) is 9.84 Å². The van der Waals surface area contributed by atoms with Crippen LogP contribution in [0.25, 0.3) is 0 Å². The van der Waals surface area contributed by atoms with Crippen LogP contribution in [0.3, 0.4) is 0 Å². The van der Waals surface area contributed by atoms with Gasteiger partial charge in [-0.25, -0.2) is 8.42 Å². The summed E-state index contributed by atoms with van der Waals surface area (Å²) in [6.07, 6.45) is 5.01. The van der Waals surface area contributed by atoms with E-state index < -0.39 is 9.84 Å². The molecule has 0 aliphatic heterocycles. The number of pyridine rings is 1. The van der Waals surface area contributed by atoms with Crippen LogP contribution in [-0.4, -0.2) is 32.0 Å². The maximum absolute atomic E-state index is 11.4. The highest BCUT2D eigenvalue weighted by Crippen LogP contribution is 2.17. The third-order valence-electron chi connectivity index (χ3n) is 2.84. The summed E-state index contributed by atoms with van der Waals surface area (Å²) in [6, 6.07) is 4.11. The normalized spacial score (nSPS) is 13.5. The zero-order valence-corrected chi connectivity index (χ0v) is 11.2. The Balaban J connectivity index is 2.50. The van der Waals surface area contributed by atoms with Gasteiger partial charge in [-0.15, -0.1) is 0 Å². The average molecular weight is 256 g/mol. The number of nitrogens with zero attached hydrogens (tertiary/aromatic N) is 1. The van der Waals surface area contributed by atoms with E-state index in [0.29, 0.717) is 6.42 Å². The minimum absolute atomic E-state index is 0.199. The highest BCUT2D eigenvalue weighted by atomic mass is 32.2. The van der Waals surface area contributed by atoms with E-state index in [9.17, 15) is 8.42 Å². The number of aromatic nitrogens is 1. The van der Waals surface area contributed by atoms with Crippen molar-refractivity contribution in [3.8, 4) is 0 Å². The lowest BCUT2D eigenvalue weighted by atomic mass is 10.0. The molecule has 0 aromatic carbocycles. The van der Waals surface area contributed by atoms with Gasteiger partial charge in [0, 0.05) is 24.2 Å². The molecule has 0 aliphatic carbocycles. The summed E-state index contributed by atoms with van der Waals surface area (Å²) in [4.78, 5) is 3.97. The minimum atomic E-state index is -2.85. The van der Waals surface area contributed by atoms with Gasteiger partial charge in [0.15, 0.2) is 0 Å². The summed E-state index contributed by atoms with van der Waals surface area (Å²) in [6.45, 7) is 1.69. The molecule has 0 amide bonds. The molecular weight excluding hydrogens is 236 g/mol. The molecule has 0 saturated carbocycles. The fraction of sp³-hybridized carbons (Fsp3) is 0.583. The first kappa shape index (κ1) is 14.1. The van der Waals surface area contributed by atoms with Crippen molar-refractivity contribution >= 4 is 9.84 Å². The Bertz CT molecular complexity index is 417. The van der Waals surface area contributed by atoms with E-state index in [1.165, 1.54) is 0 Å². The molecule has 0 fully saturated rings. The standard InChI is InChI=1S/C12H20N2O2S/c1-3-17(15,16)10-4-5-12(13-2)11-6-8-14-9-7-11/h6-9,12-13H,3-5,10H2,1-2H3. The Morgan fingerprint density at radius 3 is 2.53 bits per heavy atom. The van der Waals surface area contributed by atoms with E-state index in [1.54, 1.807) is 19.3 Å². The fourth-order valence-corrected chi connectivity index (χ4v) is 2.62. The number of rotatable bonds is 7. The summed E-state index contributed by atoms with van der Waals surface area (Å²) < 4.78 is 22.8. The van der Waals surface area contributed by atoms with Gasteiger partial charge in [0.25, 0.3) is 0 Å².